The Kier molecular flexibility index (Phi) is 5.27. The van der Waals surface area contributed by atoms with Crippen molar-refractivity contribution in [3.05, 3.63) is 77.2 Å². The summed E-state index contributed by atoms with van der Waals surface area (Å²) in [4.78, 5) is 13.7. The zero-order valence-electron chi connectivity index (χ0n) is 20.4. The van der Waals surface area contributed by atoms with Crippen molar-refractivity contribution < 1.29 is 17.4 Å². The van der Waals surface area contributed by atoms with Crippen molar-refractivity contribution in [2.75, 3.05) is 0 Å². The summed E-state index contributed by atoms with van der Waals surface area (Å²) in [6.45, 7) is 5.96. The molecule has 0 aliphatic heterocycles. The van der Waals surface area contributed by atoms with E-state index in [1.807, 2.05) is 0 Å². The molecule has 190 valence electrons. The quantitative estimate of drug-likeness (QED) is 0.338. The van der Waals surface area contributed by atoms with Crippen LogP contribution in [0.1, 0.15) is 67.4 Å². The van der Waals surface area contributed by atoms with E-state index in [9.17, 15) is 13.0 Å². The third-order valence-electron chi connectivity index (χ3n) is 8.19. The van der Waals surface area contributed by atoms with Crippen LogP contribution >= 0.6 is 0 Å². The van der Waals surface area contributed by atoms with Crippen LogP contribution in [0.15, 0.2) is 47.3 Å². The van der Waals surface area contributed by atoms with E-state index in [0.29, 0.717) is 17.1 Å². The molecule has 1 N–H and O–H groups in total. The van der Waals surface area contributed by atoms with E-state index in [4.69, 9.17) is 14.2 Å². The minimum atomic E-state index is -2.20. The van der Waals surface area contributed by atoms with Gasteiger partial charge in [-0.1, -0.05) is 19.9 Å². The predicted octanol–water partition coefficient (Wildman–Crippen LogP) is 5.37. The molecule has 1 fully saturated rings. The Morgan fingerprint density at radius 3 is 2.62 bits per heavy atom. The van der Waals surface area contributed by atoms with Crippen LogP contribution in [0.25, 0.3) is 22.8 Å². The fourth-order valence-corrected chi connectivity index (χ4v) is 6.51. The molecule has 0 radical (unpaired) electrons. The summed E-state index contributed by atoms with van der Waals surface area (Å²) < 4.78 is 53.7. The maximum atomic E-state index is 14.5. The molecule has 3 aromatic heterocycles. The van der Waals surface area contributed by atoms with Gasteiger partial charge >= 0.3 is 0 Å². The van der Waals surface area contributed by atoms with Gasteiger partial charge in [-0.3, -0.25) is 14.0 Å². The van der Waals surface area contributed by atoms with Gasteiger partial charge in [-0.2, -0.15) is 5.10 Å². The fraction of sp³-hybridized carbons (Fsp3) is 0.346. The van der Waals surface area contributed by atoms with Crippen molar-refractivity contribution in [1.29, 1.82) is 4.78 Å². The minimum Gasteiger partial charge on any atom is -0.443 e. The van der Waals surface area contributed by atoms with Gasteiger partial charge in [0.25, 0.3) is 0 Å². The number of fused-ring (bicyclic) bond motifs is 5. The average molecular weight is 523 g/mol. The van der Waals surface area contributed by atoms with E-state index in [0.717, 1.165) is 24.1 Å². The summed E-state index contributed by atoms with van der Waals surface area (Å²) in [7, 11) is -2.20. The SMILES string of the molecule is C[C@H](c1coc(-c2cncc([C@@]34CC[C@@H](c5cc(-c6c(F)cccc6F)nnc53)C4(C)C)n2)n1)[SH](=N)=O. The third kappa shape index (κ3) is 3.29. The molecule has 2 bridgehead atoms. The Morgan fingerprint density at radius 2 is 1.89 bits per heavy atom. The Bertz CT molecular complexity index is 1610. The Hall–Kier alpha value is -3.60. The molecule has 1 aromatic carbocycles. The predicted molar refractivity (Wildman–Crippen MR) is 132 cm³/mol. The molecule has 3 heterocycles. The van der Waals surface area contributed by atoms with E-state index in [-0.39, 0.29) is 28.5 Å². The smallest absolute Gasteiger partial charge is 0.246 e. The molecule has 2 aliphatic rings. The van der Waals surface area contributed by atoms with Crippen LogP contribution in [0, 0.1) is 21.8 Å². The number of nitrogens with one attached hydrogen (secondary N) is 1. The normalized spacial score (nSPS) is 23.1. The van der Waals surface area contributed by atoms with Crippen LogP contribution in [0.3, 0.4) is 0 Å². The van der Waals surface area contributed by atoms with Crippen molar-refractivity contribution in [2.45, 2.75) is 50.2 Å². The molecule has 4 atom stereocenters. The highest BCUT2D eigenvalue weighted by molar-refractivity contribution is 7.73. The summed E-state index contributed by atoms with van der Waals surface area (Å²) in [5, 5.41) is 8.25. The average Bonchev–Trinajstić information content (AvgIpc) is 3.52. The summed E-state index contributed by atoms with van der Waals surface area (Å²) in [5.74, 6) is -1.04. The van der Waals surface area contributed by atoms with Crippen LogP contribution < -0.4 is 0 Å². The van der Waals surface area contributed by atoms with E-state index in [2.05, 4.69) is 34.0 Å². The number of halogens is 2. The molecule has 11 heteroatoms. The summed E-state index contributed by atoms with van der Waals surface area (Å²) in [6.07, 6.45) is 6.27. The Morgan fingerprint density at radius 1 is 1.14 bits per heavy atom. The van der Waals surface area contributed by atoms with Gasteiger partial charge in [0.15, 0.2) is 0 Å². The lowest BCUT2D eigenvalue weighted by molar-refractivity contribution is 0.242. The third-order valence-corrected chi connectivity index (χ3v) is 9.16. The molecular formula is C26H24F2N6O2S. The van der Waals surface area contributed by atoms with Crippen molar-refractivity contribution in [2.24, 2.45) is 5.41 Å². The second kappa shape index (κ2) is 8.20. The van der Waals surface area contributed by atoms with Gasteiger partial charge < -0.3 is 4.42 Å². The highest BCUT2D eigenvalue weighted by Gasteiger charge is 2.65. The van der Waals surface area contributed by atoms with Crippen LogP contribution in [-0.2, 0) is 16.0 Å². The molecule has 37 heavy (non-hydrogen) atoms. The Balaban J connectivity index is 1.47. The van der Waals surface area contributed by atoms with Gasteiger partial charge in [0.05, 0.1) is 45.2 Å². The summed E-state index contributed by atoms with van der Waals surface area (Å²) >= 11 is 0. The number of oxazole rings is 1. The number of hydrogen-bond donors (Lipinski definition) is 2. The largest absolute Gasteiger partial charge is 0.443 e. The first kappa shape index (κ1) is 23.8. The fourth-order valence-electron chi connectivity index (χ4n) is 6.15. The number of aromatic nitrogens is 5. The van der Waals surface area contributed by atoms with E-state index in [1.165, 1.54) is 24.5 Å². The number of benzene rings is 1. The monoisotopic (exact) mass is 522 g/mol. The lowest BCUT2D eigenvalue weighted by Crippen LogP contribution is -2.38. The number of nitrogens with zero attached hydrogens (tertiary/aromatic N) is 5. The molecule has 2 aliphatic carbocycles. The Labute approximate surface area is 213 Å². The zero-order valence-corrected chi connectivity index (χ0v) is 21.3. The molecule has 0 saturated heterocycles. The maximum absolute atomic E-state index is 14.5. The van der Waals surface area contributed by atoms with E-state index >= 15 is 0 Å². The molecular weight excluding hydrogens is 498 g/mol. The van der Waals surface area contributed by atoms with Gasteiger partial charge in [0.1, 0.15) is 23.6 Å². The molecule has 0 amide bonds. The van der Waals surface area contributed by atoms with Gasteiger partial charge in [-0.15, -0.1) is 5.10 Å². The summed E-state index contributed by atoms with van der Waals surface area (Å²) in [6, 6.07) is 5.51. The molecule has 8 nitrogen and oxygen atoms in total. The lowest BCUT2D eigenvalue weighted by Gasteiger charge is -2.37. The second-order valence-corrected chi connectivity index (χ2v) is 11.6. The van der Waals surface area contributed by atoms with Crippen molar-refractivity contribution in [1.82, 2.24) is 25.1 Å². The van der Waals surface area contributed by atoms with Gasteiger partial charge in [-0.05, 0) is 54.9 Å². The minimum absolute atomic E-state index is 0.0968. The highest BCUT2D eigenvalue weighted by atomic mass is 32.2. The second-order valence-electron chi connectivity index (χ2n) is 10.2. The summed E-state index contributed by atoms with van der Waals surface area (Å²) in [5.41, 5.74) is 2.25. The van der Waals surface area contributed by atoms with Crippen molar-refractivity contribution in [3.63, 3.8) is 0 Å². The molecule has 4 aromatic rings. The molecule has 1 saturated carbocycles. The van der Waals surface area contributed by atoms with Crippen molar-refractivity contribution in [3.8, 4) is 22.8 Å². The van der Waals surface area contributed by atoms with Crippen LogP contribution in [0.5, 0.6) is 0 Å². The number of rotatable bonds is 5. The van der Waals surface area contributed by atoms with Crippen molar-refractivity contribution >= 4 is 10.6 Å². The number of thiol groups is 1. The van der Waals surface area contributed by atoms with Gasteiger partial charge in [0, 0.05) is 16.8 Å². The topological polar surface area (TPSA) is 119 Å². The van der Waals surface area contributed by atoms with E-state index in [1.54, 1.807) is 25.4 Å². The van der Waals surface area contributed by atoms with Crippen LogP contribution in [0.4, 0.5) is 8.78 Å². The highest BCUT2D eigenvalue weighted by Crippen LogP contribution is 2.69. The van der Waals surface area contributed by atoms with Gasteiger partial charge in [-0.25, -0.2) is 18.7 Å². The molecule has 0 spiro atoms. The molecule has 1 unspecified atom stereocenters. The standard InChI is InChI=1S/C26H24F2N6O2S/c1-13(37(29)35)20-12-36-24(32-20)19-10-30-11-21(31-19)26-8-7-15(25(26,2)3)14-9-18(33-34-23(14)26)22-16(27)5-4-6-17(22)28/h4-6,9-13,15,29,37H,7-8H2,1-3H3/t13-,15+,26+/m1/s1. The first-order chi connectivity index (χ1) is 17.6. The lowest BCUT2D eigenvalue weighted by atomic mass is 9.66. The zero-order chi connectivity index (χ0) is 26.1. The maximum Gasteiger partial charge on any atom is 0.246 e. The first-order valence-electron chi connectivity index (χ1n) is 11.9. The first-order valence-corrected chi connectivity index (χ1v) is 13.3. The molecule has 6 rings (SSSR count). The van der Waals surface area contributed by atoms with E-state index < -0.39 is 32.9 Å². The van der Waals surface area contributed by atoms with Crippen LogP contribution in [-0.4, -0.2) is 29.4 Å². The van der Waals surface area contributed by atoms with Crippen LogP contribution in [0.2, 0.25) is 0 Å². The van der Waals surface area contributed by atoms with Gasteiger partial charge in [0.2, 0.25) is 5.89 Å². The number of hydrogen-bond acceptors (Lipinski definition) is 8.